The molecule has 0 aromatic heterocycles. The third-order valence-corrected chi connectivity index (χ3v) is 4.80. The van der Waals surface area contributed by atoms with Crippen LogP contribution in [0.4, 0.5) is 14.9 Å². The molecule has 0 saturated carbocycles. The minimum absolute atomic E-state index is 0.00602. The van der Waals surface area contributed by atoms with Gasteiger partial charge in [0.1, 0.15) is 12.0 Å². The van der Waals surface area contributed by atoms with Gasteiger partial charge in [0.2, 0.25) is 5.25 Å². The molecule has 0 aliphatic carbocycles. The Morgan fingerprint density at radius 2 is 1.95 bits per heavy atom. The first-order valence-electron chi connectivity index (χ1n) is 6.30. The summed E-state index contributed by atoms with van der Waals surface area (Å²) in [5.41, 5.74) is 0.375. The van der Waals surface area contributed by atoms with Gasteiger partial charge in [-0.3, -0.25) is 4.72 Å². The average molecular weight is 328 g/mol. The Morgan fingerprint density at radius 1 is 1.32 bits per heavy atom. The number of aryl methyl sites for hydroxylation is 1. The SMILES string of the molecule is Cc1ccc(NS(=O)(=O)C2C=[N+](C)C(=O)N(C)C2=O)cc1F. The number of rotatable bonds is 3. The van der Waals surface area contributed by atoms with Crippen LogP contribution in [0.15, 0.2) is 18.2 Å². The summed E-state index contributed by atoms with van der Waals surface area (Å²) in [6.45, 7) is 1.54. The fourth-order valence-electron chi connectivity index (χ4n) is 1.95. The third kappa shape index (κ3) is 2.84. The summed E-state index contributed by atoms with van der Waals surface area (Å²) in [6, 6.07) is 3.21. The van der Waals surface area contributed by atoms with Crippen LogP contribution in [0.3, 0.4) is 0 Å². The molecule has 118 valence electrons. The molecule has 0 saturated heterocycles. The van der Waals surface area contributed by atoms with Crippen LogP contribution < -0.4 is 4.72 Å². The number of carbonyl (C=O) groups excluding carboxylic acids is 2. The van der Waals surface area contributed by atoms with Crippen molar-refractivity contribution in [1.82, 2.24) is 4.90 Å². The molecule has 2 rings (SSSR count). The lowest BCUT2D eigenvalue weighted by Gasteiger charge is -2.20. The van der Waals surface area contributed by atoms with Crippen LogP contribution in [0.25, 0.3) is 0 Å². The van der Waals surface area contributed by atoms with Gasteiger partial charge < -0.3 is 0 Å². The molecule has 7 nitrogen and oxygen atoms in total. The third-order valence-electron chi connectivity index (χ3n) is 3.29. The molecule has 1 unspecified atom stereocenters. The summed E-state index contributed by atoms with van der Waals surface area (Å²) in [5, 5.41) is -1.57. The summed E-state index contributed by atoms with van der Waals surface area (Å²) in [6.07, 6.45) is 1.01. The molecule has 9 heteroatoms. The van der Waals surface area contributed by atoms with Gasteiger partial charge in [0.15, 0.2) is 0 Å². The van der Waals surface area contributed by atoms with Gasteiger partial charge in [-0.2, -0.15) is 9.69 Å². The van der Waals surface area contributed by atoms with E-state index in [1.54, 1.807) is 6.92 Å². The van der Waals surface area contributed by atoms with E-state index in [9.17, 15) is 22.4 Å². The number of nitrogens with one attached hydrogen (secondary N) is 1. The van der Waals surface area contributed by atoms with Crippen molar-refractivity contribution in [3.8, 4) is 0 Å². The van der Waals surface area contributed by atoms with E-state index in [1.165, 1.54) is 26.2 Å². The van der Waals surface area contributed by atoms with Crippen molar-refractivity contribution in [1.29, 1.82) is 0 Å². The van der Waals surface area contributed by atoms with E-state index in [2.05, 4.69) is 4.72 Å². The molecule has 0 fully saturated rings. The standard InChI is InChI=1S/C13H15FN3O4S/c1-8-4-5-9(6-10(8)14)15-22(20,21)11-7-16(2)13(19)17(3)12(11)18/h4-7,11,15H,1-3H3/q+1. The van der Waals surface area contributed by atoms with Crippen molar-refractivity contribution in [2.45, 2.75) is 12.2 Å². The highest BCUT2D eigenvalue weighted by Gasteiger charge is 2.46. The number of imide groups is 1. The molecule has 0 spiro atoms. The molecule has 0 bridgehead atoms. The number of halogens is 1. The molecule has 1 heterocycles. The summed E-state index contributed by atoms with van der Waals surface area (Å²) in [7, 11) is -1.62. The number of benzene rings is 1. The second-order valence-electron chi connectivity index (χ2n) is 4.97. The highest BCUT2D eigenvalue weighted by molar-refractivity contribution is 7.94. The average Bonchev–Trinajstić information content (AvgIpc) is 2.44. The fraction of sp³-hybridized carbons (Fsp3) is 0.308. The lowest BCUT2D eigenvalue weighted by molar-refractivity contribution is -0.399. The zero-order chi connectivity index (χ0) is 16.7. The van der Waals surface area contributed by atoms with Crippen molar-refractivity contribution in [2.24, 2.45) is 0 Å². The van der Waals surface area contributed by atoms with Gasteiger partial charge in [0.25, 0.3) is 10.0 Å². The van der Waals surface area contributed by atoms with Crippen LogP contribution in [-0.4, -0.2) is 55.4 Å². The van der Waals surface area contributed by atoms with Crippen LogP contribution in [0, 0.1) is 12.7 Å². The second kappa shape index (κ2) is 5.48. The zero-order valence-corrected chi connectivity index (χ0v) is 13.0. The minimum Gasteiger partial charge on any atom is -0.282 e. The van der Waals surface area contributed by atoms with E-state index in [0.717, 1.165) is 21.8 Å². The predicted octanol–water partition coefficient (Wildman–Crippen LogP) is 0.550. The van der Waals surface area contributed by atoms with E-state index in [1.807, 2.05) is 0 Å². The number of hydrogen-bond acceptors (Lipinski definition) is 4. The summed E-state index contributed by atoms with van der Waals surface area (Å²) in [5.74, 6) is -1.44. The molecule has 1 aromatic rings. The smallest absolute Gasteiger partial charge is 0.282 e. The number of hydrogen-bond donors (Lipinski definition) is 1. The summed E-state index contributed by atoms with van der Waals surface area (Å²) in [4.78, 5) is 24.3. The van der Waals surface area contributed by atoms with Gasteiger partial charge in [0, 0.05) is 0 Å². The van der Waals surface area contributed by atoms with E-state index in [-0.39, 0.29) is 5.69 Å². The zero-order valence-electron chi connectivity index (χ0n) is 12.2. The Hall–Kier alpha value is -2.29. The van der Waals surface area contributed by atoms with Crippen molar-refractivity contribution in [3.63, 3.8) is 0 Å². The molecule has 1 aliphatic rings. The Bertz CT molecular complexity index is 788. The molecule has 1 aliphatic heterocycles. The molecule has 1 atom stereocenters. The Labute approximate surface area is 127 Å². The van der Waals surface area contributed by atoms with E-state index in [4.69, 9.17) is 0 Å². The quantitative estimate of drug-likeness (QED) is 0.821. The van der Waals surface area contributed by atoms with E-state index >= 15 is 0 Å². The second-order valence-corrected chi connectivity index (χ2v) is 6.77. The van der Waals surface area contributed by atoms with Gasteiger partial charge in [-0.05, 0) is 24.6 Å². The number of anilines is 1. The number of urea groups is 1. The number of carbonyl (C=O) groups is 2. The van der Waals surface area contributed by atoms with Gasteiger partial charge in [-0.25, -0.2) is 22.2 Å². The van der Waals surface area contributed by atoms with E-state index < -0.39 is 33.0 Å². The first-order chi connectivity index (χ1) is 10.1. The van der Waals surface area contributed by atoms with Crippen molar-refractivity contribution in [3.05, 3.63) is 29.6 Å². The van der Waals surface area contributed by atoms with Crippen molar-refractivity contribution in [2.75, 3.05) is 18.8 Å². The topological polar surface area (TPSA) is 86.6 Å². The fourth-order valence-corrected chi connectivity index (χ4v) is 3.30. The van der Waals surface area contributed by atoms with Crippen molar-refractivity contribution < 1.29 is 27.0 Å². The van der Waals surface area contributed by atoms with Gasteiger partial charge in [-0.1, -0.05) is 6.07 Å². The number of sulfonamides is 1. The Kier molecular flexibility index (Phi) is 4.01. The summed E-state index contributed by atoms with van der Waals surface area (Å²) >= 11 is 0. The van der Waals surface area contributed by atoms with Gasteiger partial charge >= 0.3 is 11.9 Å². The first-order valence-corrected chi connectivity index (χ1v) is 7.85. The lowest BCUT2D eigenvalue weighted by atomic mass is 10.2. The largest absolute Gasteiger partial charge is 0.500 e. The maximum absolute atomic E-state index is 13.5. The highest BCUT2D eigenvalue weighted by atomic mass is 32.2. The molecule has 1 N–H and O–H groups in total. The Morgan fingerprint density at radius 3 is 2.55 bits per heavy atom. The number of nitrogens with zero attached hydrogens (tertiary/aromatic N) is 2. The van der Waals surface area contributed by atoms with Crippen LogP contribution in [0.2, 0.25) is 0 Å². The molecule has 3 amide bonds. The predicted molar refractivity (Wildman–Crippen MR) is 77.9 cm³/mol. The van der Waals surface area contributed by atoms with E-state index in [0.29, 0.717) is 5.56 Å². The molecular formula is C13H15FN3O4S+. The lowest BCUT2D eigenvalue weighted by Crippen LogP contribution is -2.54. The van der Waals surface area contributed by atoms with Crippen LogP contribution in [0.1, 0.15) is 5.56 Å². The van der Waals surface area contributed by atoms with Gasteiger partial charge in [0.05, 0.1) is 19.8 Å². The van der Waals surface area contributed by atoms with Crippen LogP contribution in [-0.2, 0) is 14.8 Å². The van der Waals surface area contributed by atoms with Crippen molar-refractivity contribution >= 4 is 33.9 Å². The highest BCUT2D eigenvalue weighted by Crippen LogP contribution is 2.17. The van der Waals surface area contributed by atoms with Crippen LogP contribution >= 0.6 is 0 Å². The normalized spacial score (nSPS) is 19.2. The molecule has 1 aromatic carbocycles. The monoisotopic (exact) mass is 328 g/mol. The molecule has 22 heavy (non-hydrogen) atoms. The van der Waals surface area contributed by atoms with Crippen LogP contribution in [0.5, 0.6) is 0 Å². The minimum atomic E-state index is -4.16. The maximum atomic E-state index is 13.5. The van der Waals surface area contributed by atoms with Gasteiger partial charge in [-0.15, -0.1) is 0 Å². The maximum Gasteiger partial charge on any atom is 0.500 e. The summed E-state index contributed by atoms with van der Waals surface area (Å²) < 4.78 is 41.3. The number of amides is 3. The molecule has 0 radical (unpaired) electrons. The molecular weight excluding hydrogens is 313 g/mol. The first kappa shape index (κ1) is 16.1. The Balaban J connectivity index is 2.36.